The fourth-order valence-corrected chi connectivity index (χ4v) is 3.10. The predicted molar refractivity (Wildman–Crippen MR) is 76.1 cm³/mol. The number of thiazole rings is 1. The van der Waals surface area contributed by atoms with E-state index in [1.54, 1.807) is 11.3 Å². The summed E-state index contributed by atoms with van der Waals surface area (Å²) in [7, 11) is 0. The molecule has 2 aromatic rings. The molecule has 0 spiro atoms. The summed E-state index contributed by atoms with van der Waals surface area (Å²) >= 11 is 1.73. The lowest BCUT2D eigenvalue weighted by Crippen LogP contribution is -2.30. The summed E-state index contributed by atoms with van der Waals surface area (Å²) in [5.41, 5.74) is 5.78. The van der Waals surface area contributed by atoms with Crippen molar-refractivity contribution in [3.05, 3.63) is 45.9 Å². The zero-order valence-electron chi connectivity index (χ0n) is 10.4. The summed E-state index contributed by atoms with van der Waals surface area (Å²) in [5.74, 6) is 0. The first-order valence-corrected chi connectivity index (χ1v) is 7.15. The third-order valence-corrected chi connectivity index (χ3v) is 4.30. The molecule has 0 saturated carbocycles. The molecule has 94 valence electrons. The molecule has 1 aromatic carbocycles. The number of rotatable bonds is 4. The highest BCUT2D eigenvalue weighted by Gasteiger charge is 2.19. The van der Waals surface area contributed by atoms with E-state index in [1.807, 2.05) is 5.51 Å². The molecule has 2 heterocycles. The van der Waals surface area contributed by atoms with Crippen LogP contribution in [-0.4, -0.2) is 17.6 Å². The summed E-state index contributed by atoms with van der Waals surface area (Å²) in [5, 5.41) is 7.07. The quantitative estimate of drug-likeness (QED) is 0.886. The Labute approximate surface area is 111 Å². The van der Waals surface area contributed by atoms with Gasteiger partial charge in [0, 0.05) is 29.7 Å². The van der Waals surface area contributed by atoms with Crippen molar-refractivity contribution in [1.29, 1.82) is 0 Å². The van der Waals surface area contributed by atoms with Crippen LogP contribution in [0.15, 0.2) is 29.8 Å². The SMILES string of the molecule is Cc1ncsc1CNC[C@@H]1Cc2ccccc2N1. The minimum Gasteiger partial charge on any atom is -0.380 e. The van der Waals surface area contributed by atoms with Crippen molar-refractivity contribution in [2.24, 2.45) is 0 Å². The third kappa shape index (κ3) is 2.40. The molecule has 18 heavy (non-hydrogen) atoms. The smallest absolute Gasteiger partial charge is 0.0798 e. The van der Waals surface area contributed by atoms with Crippen molar-refractivity contribution in [3.8, 4) is 0 Å². The average molecular weight is 259 g/mol. The maximum atomic E-state index is 4.26. The van der Waals surface area contributed by atoms with Gasteiger partial charge in [-0.1, -0.05) is 18.2 Å². The standard InChI is InChI=1S/C14H17N3S/c1-10-14(18-9-16-10)8-15-7-12-6-11-4-2-3-5-13(11)17-12/h2-5,9,12,15,17H,6-8H2,1H3/t12-/m0/s1. The number of nitrogens with zero attached hydrogens (tertiary/aromatic N) is 1. The van der Waals surface area contributed by atoms with Gasteiger partial charge >= 0.3 is 0 Å². The summed E-state index contributed by atoms with van der Waals surface area (Å²) < 4.78 is 0. The highest BCUT2D eigenvalue weighted by atomic mass is 32.1. The van der Waals surface area contributed by atoms with E-state index in [0.717, 1.165) is 25.2 Å². The second-order valence-corrected chi connectivity index (χ2v) is 5.63. The topological polar surface area (TPSA) is 37.0 Å². The third-order valence-electron chi connectivity index (χ3n) is 3.36. The Hall–Kier alpha value is -1.39. The summed E-state index contributed by atoms with van der Waals surface area (Å²) in [6, 6.07) is 9.06. The molecule has 0 amide bonds. The summed E-state index contributed by atoms with van der Waals surface area (Å²) in [6.45, 7) is 3.98. The Morgan fingerprint density at radius 3 is 3.11 bits per heavy atom. The molecule has 1 aromatic heterocycles. The van der Waals surface area contributed by atoms with E-state index in [-0.39, 0.29) is 0 Å². The summed E-state index contributed by atoms with van der Waals surface area (Å²) in [4.78, 5) is 5.60. The number of para-hydroxylation sites is 1. The molecule has 3 nitrogen and oxygen atoms in total. The van der Waals surface area contributed by atoms with Crippen LogP contribution in [-0.2, 0) is 13.0 Å². The first-order chi connectivity index (χ1) is 8.83. The number of aromatic nitrogens is 1. The second kappa shape index (κ2) is 5.08. The van der Waals surface area contributed by atoms with E-state index in [4.69, 9.17) is 0 Å². The Morgan fingerprint density at radius 2 is 2.33 bits per heavy atom. The highest BCUT2D eigenvalue weighted by molar-refractivity contribution is 7.09. The minimum absolute atomic E-state index is 0.510. The fourth-order valence-electron chi connectivity index (χ4n) is 2.35. The fraction of sp³-hybridized carbons (Fsp3) is 0.357. The van der Waals surface area contributed by atoms with Gasteiger partial charge in [-0.3, -0.25) is 0 Å². The van der Waals surface area contributed by atoms with Gasteiger partial charge in [-0.25, -0.2) is 4.98 Å². The van der Waals surface area contributed by atoms with E-state index in [9.17, 15) is 0 Å². The average Bonchev–Trinajstić information content (AvgIpc) is 2.96. The van der Waals surface area contributed by atoms with Gasteiger partial charge in [0.05, 0.1) is 11.2 Å². The largest absolute Gasteiger partial charge is 0.380 e. The molecule has 0 aliphatic carbocycles. The molecule has 1 aliphatic rings. The lowest BCUT2D eigenvalue weighted by molar-refractivity contribution is 0.617. The molecule has 0 saturated heterocycles. The van der Waals surface area contributed by atoms with Crippen LogP contribution in [0.25, 0.3) is 0 Å². The van der Waals surface area contributed by atoms with Crippen LogP contribution in [0, 0.1) is 6.92 Å². The Morgan fingerprint density at radius 1 is 1.44 bits per heavy atom. The monoisotopic (exact) mass is 259 g/mol. The lowest BCUT2D eigenvalue weighted by Gasteiger charge is -2.12. The van der Waals surface area contributed by atoms with Crippen LogP contribution in [0.2, 0.25) is 0 Å². The van der Waals surface area contributed by atoms with Gasteiger partial charge in [-0.05, 0) is 25.0 Å². The molecule has 0 unspecified atom stereocenters. The molecule has 0 fully saturated rings. The van der Waals surface area contributed by atoms with Gasteiger partial charge in [0.1, 0.15) is 0 Å². The first kappa shape index (κ1) is 11.7. The number of benzene rings is 1. The van der Waals surface area contributed by atoms with Crippen LogP contribution < -0.4 is 10.6 Å². The van der Waals surface area contributed by atoms with Crippen LogP contribution >= 0.6 is 11.3 Å². The van der Waals surface area contributed by atoms with Crippen molar-refractivity contribution in [1.82, 2.24) is 10.3 Å². The number of anilines is 1. The van der Waals surface area contributed by atoms with Crippen LogP contribution in [0.3, 0.4) is 0 Å². The zero-order chi connectivity index (χ0) is 12.4. The van der Waals surface area contributed by atoms with Gasteiger partial charge in [-0.15, -0.1) is 11.3 Å². The Balaban J connectivity index is 1.50. The molecule has 3 rings (SSSR count). The first-order valence-electron chi connectivity index (χ1n) is 6.27. The Kier molecular flexibility index (Phi) is 3.30. The predicted octanol–water partition coefficient (Wildman–Crippen LogP) is 2.58. The molecular formula is C14H17N3S. The van der Waals surface area contributed by atoms with Gasteiger partial charge in [0.15, 0.2) is 0 Å². The van der Waals surface area contributed by atoms with Gasteiger partial charge < -0.3 is 10.6 Å². The van der Waals surface area contributed by atoms with Gasteiger partial charge in [0.25, 0.3) is 0 Å². The minimum atomic E-state index is 0.510. The van der Waals surface area contributed by atoms with Crippen molar-refractivity contribution in [2.45, 2.75) is 25.9 Å². The van der Waals surface area contributed by atoms with E-state index in [1.165, 1.54) is 16.1 Å². The lowest BCUT2D eigenvalue weighted by atomic mass is 10.1. The molecule has 0 radical (unpaired) electrons. The summed E-state index contributed by atoms with van der Waals surface area (Å²) in [6.07, 6.45) is 1.12. The van der Waals surface area contributed by atoms with Crippen molar-refractivity contribution in [2.75, 3.05) is 11.9 Å². The van der Waals surface area contributed by atoms with Crippen LogP contribution in [0.1, 0.15) is 16.1 Å². The second-order valence-electron chi connectivity index (χ2n) is 4.69. The van der Waals surface area contributed by atoms with Crippen molar-refractivity contribution in [3.63, 3.8) is 0 Å². The van der Waals surface area contributed by atoms with E-state index < -0.39 is 0 Å². The van der Waals surface area contributed by atoms with E-state index in [0.29, 0.717) is 6.04 Å². The number of hydrogen-bond donors (Lipinski definition) is 2. The number of nitrogens with one attached hydrogen (secondary N) is 2. The zero-order valence-corrected chi connectivity index (χ0v) is 11.3. The molecule has 4 heteroatoms. The van der Waals surface area contributed by atoms with Crippen LogP contribution in [0.4, 0.5) is 5.69 Å². The Bertz CT molecular complexity index is 510. The van der Waals surface area contributed by atoms with E-state index >= 15 is 0 Å². The number of fused-ring (bicyclic) bond motifs is 1. The molecular weight excluding hydrogens is 242 g/mol. The molecule has 2 N–H and O–H groups in total. The maximum Gasteiger partial charge on any atom is 0.0798 e. The van der Waals surface area contributed by atoms with Gasteiger partial charge in [-0.2, -0.15) is 0 Å². The van der Waals surface area contributed by atoms with Crippen molar-refractivity contribution < 1.29 is 0 Å². The van der Waals surface area contributed by atoms with Crippen molar-refractivity contribution >= 4 is 17.0 Å². The highest BCUT2D eigenvalue weighted by Crippen LogP contribution is 2.24. The number of aryl methyl sites for hydroxylation is 1. The normalized spacial score (nSPS) is 17.5. The molecule has 1 aliphatic heterocycles. The van der Waals surface area contributed by atoms with Gasteiger partial charge in [0.2, 0.25) is 0 Å². The molecule has 0 bridgehead atoms. The maximum absolute atomic E-state index is 4.26. The van der Waals surface area contributed by atoms with Crippen LogP contribution in [0.5, 0.6) is 0 Å². The number of hydrogen-bond acceptors (Lipinski definition) is 4. The van der Waals surface area contributed by atoms with E-state index in [2.05, 4.69) is 46.8 Å². The molecule has 1 atom stereocenters.